The lowest BCUT2D eigenvalue weighted by Crippen LogP contribution is -2.43. The second-order valence-corrected chi connectivity index (χ2v) is 4.08. The van der Waals surface area contributed by atoms with E-state index in [2.05, 4.69) is 42.3 Å². The first kappa shape index (κ1) is 15.6. The third-order valence-corrected chi connectivity index (χ3v) is 2.69. The summed E-state index contributed by atoms with van der Waals surface area (Å²) < 4.78 is 0. The van der Waals surface area contributed by atoms with Gasteiger partial charge >= 0.3 is 0 Å². The minimum absolute atomic E-state index is 0. The Labute approximate surface area is 110 Å². The summed E-state index contributed by atoms with van der Waals surface area (Å²) in [6.45, 7) is 8.79. The normalized spacial score (nSPS) is 15.0. The van der Waals surface area contributed by atoms with E-state index in [1.54, 1.807) is 0 Å². The molecule has 1 aromatic rings. The van der Waals surface area contributed by atoms with Gasteiger partial charge in [-0.15, -0.1) is 24.8 Å². The van der Waals surface area contributed by atoms with Crippen molar-refractivity contribution in [3.63, 3.8) is 0 Å². The van der Waals surface area contributed by atoms with Crippen LogP contribution in [0.2, 0.25) is 0 Å². The van der Waals surface area contributed by atoms with Crippen molar-refractivity contribution >= 4 is 30.5 Å². The molecule has 0 aromatic heterocycles. The Hall–Kier alpha value is -0.440. The van der Waals surface area contributed by atoms with Crippen molar-refractivity contribution in [3.05, 3.63) is 29.3 Å². The number of benzene rings is 1. The first-order chi connectivity index (χ1) is 6.75. The Morgan fingerprint density at radius 1 is 0.938 bits per heavy atom. The molecule has 1 fully saturated rings. The Bertz CT molecular complexity index is 303. The zero-order valence-corrected chi connectivity index (χ0v) is 11.5. The predicted octanol–water partition coefficient (Wildman–Crippen LogP) is 2.56. The Morgan fingerprint density at radius 3 is 1.94 bits per heavy atom. The highest BCUT2D eigenvalue weighted by Gasteiger charge is 2.10. The van der Waals surface area contributed by atoms with Crippen molar-refractivity contribution in [2.24, 2.45) is 0 Å². The molecule has 2 nitrogen and oxygen atoms in total. The number of hydrogen-bond donors (Lipinski definition) is 1. The van der Waals surface area contributed by atoms with Crippen molar-refractivity contribution in [3.8, 4) is 0 Å². The van der Waals surface area contributed by atoms with Crippen LogP contribution in [-0.2, 0) is 0 Å². The van der Waals surface area contributed by atoms with E-state index in [0.29, 0.717) is 0 Å². The van der Waals surface area contributed by atoms with Crippen LogP contribution in [0.3, 0.4) is 0 Å². The first-order valence-corrected chi connectivity index (χ1v) is 5.30. The smallest absolute Gasteiger partial charge is 0.0372 e. The van der Waals surface area contributed by atoms with Gasteiger partial charge in [-0.3, -0.25) is 0 Å². The minimum atomic E-state index is 0. The first-order valence-electron chi connectivity index (χ1n) is 5.30. The van der Waals surface area contributed by atoms with Crippen LogP contribution in [0.25, 0.3) is 0 Å². The van der Waals surface area contributed by atoms with Gasteiger partial charge in [0.15, 0.2) is 0 Å². The molecule has 0 radical (unpaired) electrons. The molecule has 0 atom stereocenters. The maximum atomic E-state index is 3.37. The van der Waals surface area contributed by atoms with Crippen molar-refractivity contribution in [1.82, 2.24) is 5.32 Å². The summed E-state index contributed by atoms with van der Waals surface area (Å²) in [6.07, 6.45) is 0. The number of nitrogens with zero attached hydrogens (tertiary/aromatic N) is 1. The lowest BCUT2D eigenvalue weighted by atomic mass is 10.1. The van der Waals surface area contributed by atoms with Crippen molar-refractivity contribution in [1.29, 1.82) is 0 Å². The van der Waals surface area contributed by atoms with E-state index in [-0.39, 0.29) is 24.8 Å². The maximum absolute atomic E-state index is 3.37. The minimum Gasteiger partial charge on any atom is -0.369 e. The molecule has 0 amide bonds. The van der Waals surface area contributed by atoms with E-state index in [0.717, 1.165) is 26.2 Å². The quantitative estimate of drug-likeness (QED) is 0.837. The van der Waals surface area contributed by atoms with E-state index in [1.807, 2.05) is 0 Å². The highest BCUT2D eigenvalue weighted by Crippen LogP contribution is 2.18. The number of aryl methyl sites for hydroxylation is 2. The van der Waals surface area contributed by atoms with Gasteiger partial charge in [0.2, 0.25) is 0 Å². The molecule has 1 N–H and O–H groups in total. The van der Waals surface area contributed by atoms with Crippen LogP contribution in [0, 0.1) is 13.8 Å². The van der Waals surface area contributed by atoms with Crippen LogP contribution in [0.15, 0.2) is 18.2 Å². The molecule has 0 aliphatic carbocycles. The largest absolute Gasteiger partial charge is 0.369 e. The van der Waals surface area contributed by atoms with Crippen LogP contribution < -0.4 is 10.2 Å². The van der Waals surface area contributed by atoms with E-state index >= 15 is 0 Å². The second kappa shape index (κ2) is 7.00. The molecule has 0 unspecified atom stereocenters. The number of nitrogens with one attached hydrogen (secondary N) is 1. The SMILES string of the molecule is Cc1cc(C)cc(N2CCNCC2)c1.Cl.Cl. The number of halogens is 2. The fourth-order valence-electron chi connectivity index (χ4n) is 2.06. The van der Waals surface area contributed by atoms with Gasteiger partial charge in [0.05, 0.1) is 0 Å². The third-order valence-electron chi connectivity index (χ3n) is 2.69. The Kier molecular flexibility index (Phi) is 6.81. The molecule has 0 bridgehead atoms. The van der Waals surface area contributed by atoms with Gasteiger partial charge in [-0.1, -0.05) is 6.07 Å². The molecule has 92 valence electrons. The summed E-state index contributed by atoms with van der Waals surface area (Å²) in [5, 5.41) is 3.37. The van der Waals surface area contributed by atoms with Crippen molar-refractivity contribution in [2.45, 2.75) is 13.8 Å². The van der Waals surface area contributed by atoms with Crippen LogP contribution in [0.1, 0.15) is 11.1 Å². The highest BCUT2D eigenvalue weighted by atomic mass is 35.5. The van der Waals surface area contributed by atoms with Gasteiger partial charge in [0, 0.05) is 31.9 Å². The third kappa shape index (κ3) is 3.85. The van der Waals surface area contributed by atoms with Gasteiger partial charge in [-0.05, 0) is 37.1 Å². The van der Waals surface area contributed by atoms with Crippen LogP contribution in [0.4, 0.5) is 5.69 Å². The molecule has 1 saturated heterocycles. The summed E-state index contributed by atoms with van der Waals surface area (Å²) in [7, 11) is 0. The molecular formula is C12H20Cl2N2. The highest BCUT2D eigenvalue weighted by molar-refractivity contribution is 5.85. The topological polar surface area (TPSA) is 15.3 Å². The van der Waals surface area contributed by atoms with Crippen LogP contribution in [-0.4, -0.2) is 26.2 Å². The van der Waals surface area contributed by atoms with E-state index in [4.69, 9.17) is 0 Å². The van der Waals surface area contributed by atoms with Gasteiger partial charge < -0.3 is 10.2 Å². The number of rotatable bonds is 1. The zero-order chi connectivity index (χ0) is 9.97. The predicted molar refractivity (Wildman–Crippen MR) is 75.5 cm³/mol. The average molecular weight is 263 g/mol. The molecule has 1 heterocycles. The van der Waals surface area contributed by atoms with Crippen LogP contribution in [0.5, 0.6) is 0 Å². The van der Waals surface area contributed by atoms with Gasteiger partial charge in [-0.2, -0.15) is 0 Å². The lowest BCUT2D eigenvalue weighted by Gasteiger charge is -2.30. The summed E-state index contributed by atoms with van der Waals surface area (Å²) in [6, 6.07) is 6.78. The summed E-state index contributed by atoms with van der Waals surface area (Å²) in [5.41, 5.74) is 4.10. The molecule has 0 spiro atoms. The fraction of sp³-hybridized carbons (Fsp3) is 0.500. The van der Waals surface area contributed by atoms with Gasteiger partial charge in [-0.25, -0.2) is 0 Å². The van der Waals surface area contributed by atoms with E-state index in [9.17, 15) is 0 Å². The average Bonchev–Trinajstić information content (AvgIpc) is 2.18. The molecule has 1 aliphatic heterocycles. The van der Waals surface area contributed by atoms with E-state index < -0.39 is 0 Å². The fourth-order valence-corrected chi connectivity index (χ4v) is 2.06. The zero-order valence-electron chi connectivity index (χ0n) is 9.82. The van der Waals surface area contributed by atoms with Crippen LogP contribution >= 0.6 is 24.8 Å². The molecule has 16 heavy (non-hydrogen) atoms. The molecular weight excluding hydrogens is 243 g/mol. The molecule has 2 rings (SSSR count). The maximum Gasteiger partial charge on any atom is 0.0372 e. The van der Waals surface area contributed by atoms with Gasteiger partial charge in [0.1, 0.15) is 0 Å². The second-order valence-electron chi connectivity index (χ2n) is 4.08. The Morgan fingerprint density at radius 2 is 1.44 bits per heavy atom. The standard InChI is InChI=1S/C12H18N2.2ClH/c1-10-7-11(2)9-12(8-10)14-5-3-13-4-6-14;;/h7-9,13H,3-6H2,1-2H3;2*1H. The summed E-state index contributed by atoms with van der Waals surface area (Å²) >= 11 is 0. The summed E-state index contributed by atoms with van der Waals surface area (Å²) in [4.78, 5) is 2.45. The van der Waals surface area contributed by atoms with E-state index in [1.165, 1.54) is 16.8 Å². The Balaban J connectivity index is 0.00000112. The molecule has 0 saturated carbocycles. The number of hydrogen-bond acceptors (Lipinski definition) is 2. The molecule has 1 aromatic carbocycles. The lowest BCUT2D eigenvalue weighted by molar-refractivity contribution is 0.589. The monoisotopic (exact) mass is 262 g/mol. The molecule has 1 aliphatic rings. The number of anilines is 1. The van der Waals surface area contributed by atoms with Crippen molar-refractivity contribution in [2.75, 3.05) is 31.1 Å². The van der Waals surface area contributed by atoms with Crippen molar-refractivity contribution < 1.29 is 0 Å². The molecule has 4 heteroatoms. The van der Waals surface area contributed by atoms with Gasteiger partial charge in [0.25, 0.3) is 0 Å². The summed E-state index contributed by atoms with van der Waals surface area (Å²) in [5.74, 6) is 0. The number of piperazine rings is 1.